The predicted octanol–water partition coefficient (Wildman–Crippen LogP) is 2.45. The first-order valence-corrected chi connectivity index (χ1v) is 5.64. The van der Waals surface area contributed by atoms with Gasteiger partial charge in [-0.15, -0.1) is 0 Å². The number of hydrogen-bond donors (Lipinski definition) is 0. The Morgan fingerprint density at radius 1 is 1.39 bits per heavy atom. The lowest BCUT2D eigenvalue weighted by Gasteiger charge is -2.04. The van der Waals surface area contributed by atoms with Crippen LogP contribution in [0.1, 0.15) is 12.5 Å². The summed E-state index contributed by atoms with van der Waals surface area (Å²) in [6.07, 6.45) is 5.23. The number of rotatable bonds is 5. The third-order valence-electron chi connectivity index (χ3n) is 2.43. The van der Waals surface area contributed by atoms with Gasteiger partial charge in [0.25, 0.3) is 0 Å². The molecule has 0 radical (unpaired) electrons. The van der Waals surface area contributed by atoms with Gasteiger partial charge >= 0.3 is 0 Å². The van der Waals surface area contributed by atoms with Gasteiger partial charge in [0, 0.05) is 18.3 Å². The molecule has 5 heteroatoms. The highest BCUT2D eigenvalue weighted by atomic mass is 16.5. The summed E-state index contributed by atoms with van der Waals surface area (Å²) in [4.78, 5) is 13.6. The van der Waals surface area contributed by atoms with Gasteiger partial charge in [-0.05, 0) is 31.2 Å². The first kappa shape index (κ1) is 12.1. The molecule has 2 aromatic rings. The van der Waals surface area contributed by atoms with Gasteiger partial charge < -0.3 is 4.74 Å². The van der Waals surface area contributed by atoms with Crippen LogP contribution in [0, 0.1) is 0 Å². The molecule has 5 nitrogen and oxygen atoms in total. The molecule has 1 aromatic heterocycles. The molecular formula is C13H13N3O2. The summed E-state index contributed by atoms with van der Waals surface area (Å²) in [7, 11) is 0. The second-order valence-electron chi connectivity index (χ2n) is 3.69. The number of aryl methyl sites for hydroxylation is 1. The van der Waals surface area contributed by atoms with Crippen molar-refractivity contribution in [3.63, 3.8) is 0 Å². The molecule has 2 rings (SSSR count). The van der Waals surface area contributed by atoms with Crippen LogP contribution in [0.4, 0.5) is 5.69 Å². The van der Waals surface area contributed by atoms with Gasteiger partial charge in [-0.25, -0.2) is 4.79 Å². The zero-order valence-electron chi connectivity index (χ0n) is 10.0. The fourth-order valence-electron chi connectivity index (χ4n) is 1.49. The predicted molar refractivity (Wildman–Crippen MR) is 66.5 cm³/mol. The Hall–Kier alpha value is -2.39. The molecule has 0 aliphatic carbocycles. The molecule has 0 spiro atoms. The number of nitrogens with zero attached hydrogens (tertiary/aromatic N) is 3. The van der Waals surface area contributed by atoms with Crippen molar-refractivity contribution in [2.24, 2.45) is 4.99 Å². The summed E-state index contributed by atoms with van der Waals surface area (Å²) < 4.78 is 7.44. The lowest BCUT2D eigenvalue weighted by Crippen LogP contribution is -1.95. The molecule has 0 aliphatic heterocycles. The highest BCUT2D eigenvalue weighted by Crippen LogP contribution is 2.18. The smallest absolute Gasteiger partial charge is 0.240 e. The highest BCUT2D eigenvalue weighted by Gasteiger charge is 1.99. The van der Waals surface area contributed by atoms with E-state index in [4.69, 9.17) is 4.74 Å². The molecule has 0 saturated heterocycles. The van der Waals surface area contributed by atoms with Crippen molar-refractivity contribution in [1.82, 2.24) is 9.78 Å². The van der Waals surface area contributed by atoms with Crippen LogP contribution in [0.15, 0.2) is 41.7 Å². The van der Waals surface area contributed by atoms with Gasteiger partial charge in [-0.2, -0.15) is 10.1 Å². The Bertz CT molecular complexity index is 554. The fraction of sp³-hybridized carbons (Fsp3) is 0.231. The SMILES string of the molecule is CCn1cc(COc2ccc(N=C=O)cc2)cn1. The topological polar surface area (TPSA) is 56.5 Å². The van der Waals surface area contributed by atoms with E-state index >= 15 is 0 Å². The summed E-state index contributed by atoms with van der Waals surface area (Å²) in [5.74, 6) is 0.726. The number of carbonyl (C=O) groups excluding carboxylic acids is 1. The number of hydrogen-bond acceptors (Lipinski definition) is 4. The minimum Gasteiger partial charge on any atom is -0.489 e. The zero-order chi connectivity index (χ0) is 12.8. The van der Waals surface area contributed by atoms with Crippen LogP contribution in [0.25, 0.3) is 0 Å². The van der Waals surface area contributed by atoms with Crippen molar-refractivity contribution in [3.8, 4) is 5.75 Å². The fourth-order valence-corrected chi connectivity index (χ4v) is 1.49. The van der Waals surface area contributed by atoms with E-state index in [1.54, 1.807) is 30.5 Å². The first-order chi connectivity index (χ1) is 8.81. The third-order valence-corrected chi connectivity index (χ3v) is 2.43. The minimum absolute atomic E-state index is 0.469. The van der Waals surface area contributed by atoms with Crippen LogP contribution in [0.5, 0.6) is 5.75 Å². The van der Waals surface area contributed by atoms with Crippen molar-refractivity contribution in [1.29, 1.82) is 0 Å². The Labute approximate surface area is 105 Å². The van der Waals surface area contributed by atoms with E-state index in [0.29, 0.717) is 12.3 Å². The van der Waals surface area contributed by atoms with E-state index in [-0.39, 0.29) is 0 Å². The van der Waals surface area contributed by atoms with Crippen LogP contribution in [-0.2, 0) is 17.9 Å². The maximum atomic E-state index is 10.1. The van der Waals surface area contributed by atoms with Gasteiger partial charge in [0.2, 0.25) is 6.08 Å². The third kappa shape index (κ3) is 3.06. The molecule has 1 heterocycles. The number of ether oxygens (including phenoxy) is 1. The number of isocyanates is 1. The molecular weight excluding hydrogens is 230 g/mol. The summed E-state index contributed by atoms with van der Waals surface area (Å²) in [5, 5.41) is 4.16. The van der Waals surface area contributed by atoms with E-state index in [9.17, 15) is 4.79 Å². The van der Waals surface area contributed by atoms with Gasteiger partial charge in [-0.3, -0.25) is 4.68 Å². The zero-order valence-corrected chi connectivity index (χ0v) is 10.0. The van der Waals surface area contributed by atoms with Gasteiger partial charge in [-0.1, -0.05) is 0 Å². The largest absolute Gasteiger partial charge is 0.489 e. The van der Waals surface area contributed by atoms with E-state index in [1.165, 1.54) is 6.08 Å². The lowest BCUT2D eigenvalue weighted by molar-refractivity contribution is 0.306. The van der Waals surface area contributed by atoms with Gasteiger partial charge in [0.05, 0.1) is 11.9 Å². The molecule has 0 N–H and O–H groups in total. The normalized spacial score (nSPS) is 9.83. The highest BCUT2D eigenvalue weighted by molar-refractivity contribution is 5.50. The van der Waals surface area contributed by atoms with Gasteiger partial charge in [0.1, 0.15) is 12.4 Å². The first-order valence-electron chi connectivity index (χ1n) is 5.64. The number of aromatic nitrogens is 2. The molecule has 0 fully saturated rings. The Morgan fingerprint density at radius 3 is 2.78 bits per heavy atom. The van der Waals surface area contributed by atoms with Crippen LogP contribution < -0.4 is 4.74 Å². The van der Waals surface area contributed by atoms with Crippen molar-refractivity contribution in [3.05, 3.63) is 42.2 Å². The minimum atomic E-state index is 0.469. The van der Waals surface area contributed by atoms with Crippen LogP contribution in [0.2, 0.25) is 0 Å². The molecule has 0 aliphatic rings. The molecule has 18 heavy (non-hydrogen) atoms. The maximum absolute atomic E-state index is 10.1. The number of benzene rings is 1. The molecule has 1 aromatic carbocycles. The quantitative estimate of drug-likeness (QED) is 0.598. The Balaban J connectivity index is 1.95. The lowest BCUT2D eigenvalue weighted by atomic mass is 10.3. The average molecular weight is 243 g/mol. The summed E-state index contributed by atoms with van der Waals surface area (Å²) in [6, 6.07) is 6.94. The monoisotopic (exact) mass is 243 g/mol. The Kier molecular flexibility index (Phi) is 3.89. The van der Waals surface area contributed by atoms with E-state index < -0.39 is 0 Å². The Morgan fingerprint density at radius 2 is 2.17 bits per heavy atom. The molecule has 92 valence electrons. The molecule has 0 bridgehead atoms. The van der Waals surface area contributed by atoms with Crippen molar-refractivity contribution < 1.29 is 9.53 Å². The van der Waals surface area contributed by atoms with E-state index in [1.807, 2.05) is 17.8 Å². The number of aliphatic imine (C=N–C) groups is 1. The summed E-state index contributed by atoms with van der Waals surface area (Å²) in [6.45, 7) is 3.35. The molecule has 0 unspecified atom stereocenters. The second-order valence-corrected chi connectivity index (χ2v) is 3.69. The van der Waals surface area contributed by atoms with E-state index in [0.717, 1.165) is 17.9 Å². The maximum Gasteiger partial charge on any atom is 0.240 e. The van der Waals surface area contributed by atoms with Crippen LogP contribution >= 0.6 is 0 Å². The van der Waals surface area contributed by atoms with Crippen LogP contribution in [-0.4, -0.2) is 15.9 Å². The molecule has 0 atom stereocenters. The standard InChI is InChI=1S/C13H13N3O2/c1-2-16-8-11(7-15-16)9-18-13-5-3-12(4-6-13)14-10-17/h3-8H,2,9H2,1H3. The summed E-state index contributed by atoms with van der Waals surface area (Å²) in [5.41, 5.74) is 1.59. The van der Waals surface area contributed by atoms with Crippen LogP contribution in [0.3, 0.4) is 0 Å². The summed E-state index contributed by atoms with van der Waals surface area (Å²) >= 11 is 0. The van der Waals surface area contributed by atoms with Crippen molar-refractivity contribution in [2.75, 3.05) is 0 Å². The average Bonchev–Trinajstić information content (AvgIpc) is 2.86. The molecule has 0 amide bonds. The second kappa shape index (κ2) is 5.80. The van der Waals surface area contributed by atoms with Crippen molar-refractivity contribution >= 4 is 11.8 Å². The molecule has 0 saturated carbocycles. The van der Waals surface area contributed by atoms with Gasteiger partial charge in [0.15, 0.2) is 0 Å². The van der Waals surface area contributed by atoms with Crippen molar-refractivity contribution in [2.45, 2.75) is 20.1 Å². The van der Waals surface area contributed by atoms with E-state index in [2.05, 4.69) is 10.1 Å².